The highest BCUT2D eigenvalue weighted by Gasteiger charge is 2.15. The number of pyridine rings is 1. The van der Waals surface area contributed by atoms with Crippen LogP contribution in [-0.2, 0) is 0 Å². The first-order valence-corrected chi connectivity index (χ1v) is 8.78. The lowest BCUT2D eigenvalue weighted by atomic mass is 10.2. The summed E-state index contributed by atoms with van der Waals surface area (Å²) in [5.74, 6) is 1.53. The first-order chi connectivity index (χ1) is 13.6. The van der Waals surface area contributed by atoms with E-state index in [1.807, 2.05) is 0 Å². The average molecular weight is 398 g/mol. The van der Waals surface area contributed by atoms with E-state index in [1.54, 1.807) is 61.8 Å². The molecule has 0 bridgehead atoms. The van der Waals surface area contributed by atoms with E-state index in [4.69, 9.17) is 25.8 Å². The van der Waals surface area contributed by atoms with Gasteiger partial charge in [0.25, 0.3) is 5.91 Å². The van der Waals surface area contributed by atoms with Crippen LogP contribution in [-0.4, -0.2) is 24.8 Å². The lowest BCUT2D eigenvalue weighted by molar-refractivity contribution is 0.102. The number of amides is 1. The van der Waals surface area contributed by atoms with Gasteiger partial charge >= 0.3 is 0 Å². The molecule has 0 saturated heterocycles. The quantitative estimate of drug-likeness (QED) is 0.661. The molecule has 0 unspecified atom stereocenters. The molecule has 3 aromatic rings. The van der Waals surface area contributed by atoms with Gasteiger partial charge < -0.3 is 24.8 Å². The second kappa shape index (κ2) is 7.66. The Morgan fingerprint density at radius 2 is 1.93 bits per heavy atom. The van der Waals surface area contributed by atoms with E-state index in [2.05, 4.69) is 15.6 Å². The maximum absolute atomic E-state index is 12.6. The van der Waals surface area contributed by atoms with Crippen molar-refractivity contribution in [2.75, 3.05) is 24.5 Å². The van der Waals surface area contributed by atoms with E-state index >= 15 is 0 Å². The molecule has 0 atom stereocenters. The Morgan fingerprint density at radius 1 is 1.07 bits per heavy atom. The van der Waals surface area contributed by atoms with Crippen molar-refractivity contribution in [2.45, 2.75) is 0 Å². The van der Waals surface area contributed by atoms with Crippen LogP contribution in [0.2, 0.25) is 5.02 Å². The molecule has 2 heterocycles. The number of aromatic nitrogens is 1. The lowest BCUT2D eigenvalue weighted by Gasteiger charge is -2.12. The van der Waals surface area contributed by atoms with Gasteiger partial charge in [0.2, 0.25) is 6.79 Å². The Kier molecular flexibility index (Phi) is 4.90. The van der Waals surface area contributed by atoms with Crippen molar-refractivity contribution in [3.8, 4) is 17.2 Å². The maximum Gasteiger partial charge on any atom is 0.274 e. The maximum atomic E-state index is 12.6. The Morgan fingerprint density at radius 3 is 2.79 bits per heavy atom. The minimum Gasteiger partial charge on any atom is -0.495 e. The molecule has 1 aromatic heterocycles. The predicted octanol–water partition coefficient (Wildman–Crippen LogP) is 4.47. The summed E-state index contributed by atoms with van der Waals surface area (Å²) in [6.07, 6.45) is 1.55. The van der Waals surface area contributed by atoms with E-state index in [1.165, 1.54) is 0 Å². The van der Waals surface area contributed by atoms with Gasteiger partial charge in [0.15, 0.2) is 11.5 Å². The largest absolute Gasteiger partial charge is 0.495 e. The molecule has 0 radical (unpaired) electrons. The summed E-state index contributed by atoms with van der Waals surface area (Å²) in [6.45, 7) is 0.176. The number of carbonyl (C=O) groups excluding carboxylic acids is 1. The molecule has 2 N–H and O–H groups in total. The molecule has 0 fully saturated rings. The lowest BCUT2D eigenvalue weighted by Crippen LogP contribution is -2.13. The molecule has 1 aliphatic heterocycles. The van der Waals surface area contributed by atoms with Crippen LogP contribution in [0.1, 0.15) is 10.5 Å². The van der Waals surface area contributed by atoms with Crippen molar-refractivity contribution >= 4 is 34.6 Å². The number of hydrogen-bond acceptors (Lipinski definition) is 6. The second-order valence-electron chi connectivity index (χ2n) is 5.92. The Balaban J connectivity index is 1.52. The first-order valence-electron chi connectivity index (χ1n) is 8.40. The number of hydrogen-bond donors (Lipinski definition) is 2. The summed E-state index contributed by atoms with van der Waals surface area (Å²) in [4.78, 5) is 16.7. The molecule has 0 aliphatic carbocycles. The van der Waals surface area contributed by atoms with Crippen molar-refractivity contribution in [2.24, 2.45) is 0 Å². The molecule has 8 heteroatoms. The number of nitrogens with zero attached hydrogens (tertiary/aromatic N) is 1. The van der Waals surface area contributed by atoms with Crippen LogP contribution in [0.25, 0.3) is 0 Å². The van der Waals surface area contributed by atoms with Crippen molar-refractivity contribution in [1.29, 1.82) is 0 Å². The summed E-state index contributed by atoms with van der Waals surface area (Å²) < 4.78 is 15.9. The molecule has 7 nitrogen and oxygen atoms in total. The van der Waals surface area contributed by atoms with Crippen LogP contribution in [0.15, 0.2) is 54.7 Å². The molecule has 1 aliphatic rings. The van der Waals surface area contributed by atoms with Crippen LogP contribution in [0, 0.1) is 0 Å². The van der Waals surface area contributed by atoms with E-state index in [-0.39, 0.29) is 18.4 Å². The van der Waals surface area contributed by atoms with Crippen LogP contribution in [0.3, 0.4) is 0 Å². The minimum atomic E-state index is -0.347. The topological polar surface area (TPSA) is 81.7 Å². The smallest absolute Gasteiger partial charge is 0.274 e. The third-order valence-electron chi connectivity index (χ3n) is 4.06. The van der Waals surface area contributed by atoms with Crippen LogP contribution in [0.5, 0.6) is 17.2 Å². The van der Waals surface area contributed by atoms with Crippen LogP contribution < -0.4 is 24.8 Å². The number of halogens is 1. The molecule has 28 heavy (non-hydrogen) atoms. The zero-order valence-corrected chi connectivity index (χ0v) is 15.6. The van der Waals surface area contributed by atoms with Gasteiger partial charge in [-0.15, -0.1) is 0 Å². The van der Waals surface area contributed by atoms with E-state index in [0.29, 0.717) is 39.3 Å². The highest BCUT2D eigenvalue weighted by Crippen LogP contribution is 2.34. The monoisotopic (exact) mass is 397 g/mol. The summed E-state index contributed by atoms with van der Waals surface area (Å²) >= 11 is 6.06. The van der Waals surface area contributed by atoms with Gasteiger partial charge in [0.05, 0.1) is 12.8 Å². The summed E-state index contributed by atoms with van der Waals surface area (Å²) in [5, 5.41) is 6.56. The fraction of sp³-hybridized carbons (Fsp3) is 0.100. The van der Waals surface area contributed by atoms with Crippen LogP contribution in [0.4, 0.5) is 17.1 Å². The zero-order valence-electron chi connectivity index (χ0n) is 14.9. The van der Waals surface area contributed by atoms with Gasteiger partial charge in [-0.1, -0.05) is 11.6 Å². The average Bonchev–Trinajstić information content (AvgIpc) is 3.16. The molecule has 4 rings (SSSR count). The fourth-order valence-electron chi connectivity index (χ4n) is 2.74. The number of rotatable bonds is 5. The van der Waals surface area contributed by atoms with Crippen LogP contribution >= 0.6 is 11.6 Å². The van der Waals surface area contributed by atoms with Crippen molar-refractivity contribution in [3.05, 3.63) is 65.4 Å². The molecular formula is C20H16ClN3O4. The highest BCUT2D eigenvalue weighted by atomic mass is 35.5. The highest BCUT2D eigenvalue weighted by molar-refractivity contribution is 6.31. The summed E-state index contributed by atoms with van der Waals surface area (Å²) in [7, 11) is 1.57. The number of anilines is 3. The van der Waals surface area contributed by atoms with E-state index in [0.717, 1.165) is 0 Å². The third kappa shape index (κ3) is 3.79. The normalized spacial score (nSPS) is 11.8. The van der Waals surface area contributed by atoms with Gasteiger partial charge in [0, 0.05) is 28.7 Å². The van der Waals surface area contributed by atoms with E-state index < -0.39 is 0 Å². The molecule has 2 aromatic carbocycles. The minimum absolute atomic E-state index is 0.176. The zero-order chi connectivity index (χ0) is 19.5. The van der Waals surface area contributed by atoms with Gasteiger partial charge in [-0.25, -0.2) is 0 Å². The summed E-state index contributed by atoms with van der Waals surface area (Å²) in [5.41, 5.74) is 2.20. The Hall–Kier alpha value is -3.45. The molecule has 142 valence electrons. The Labute approximate surface area is 166 Å². The molecule has 0 saturated carbocycles. The SMILES string of the molecule is COc1ccc(Cl)cc1Nc1ccnc(C(=O)Nc2ccc3c(c2)OCO3)c1. The second-order valence-corrected chi connectivity index (χ2v) is 6.36. The van der Waals surface area contributed by atoms with E-state index in [9.17, 15) is 4.79 Å². The van der Waals surface area contributed by atoms with Crippen molar-refractivity contribution in [3.63, 3.8) is 0 Å². The van der Waals surface area contributed by atoms with Gasteiger partial charge in [-0.05, 0) is 42.5 Å². The predicted molar refractivity (Wildman–Crippen MR) is 106 cm³/mol. The standard InChI is InChI=1S/C20H16ClN3O4/c1-26-17-4-2-12(21)8-15(17)23-14-6-7-22-16(9-14)20(25)24-13-3-5-18-19(10-13)28-11-27-18/h2-10H,11H2,1H3,(H,22,23)(H,24,25). The number of carbonyl (C=O) groups is 1. The van der Waals surface area contributed by atoms with Gasteiger partial charge in [0.1, 0.15) is 11.4 Å². The van der Waals surface area contributed by atoms with Gasteiger partial charge in [-0.2, -0.15) is 0 Å². The van der Waals surface area contributed by atoms with Crippen molar-refractivity contribution < 1.29 is 19.0 Å². The third-order valence-corrected chi connectivity index (χ3v) is 4.30. The first kappa shape index (κ1) is 17.9. The molecule has 1 amide bonds. The van der Waals surface area contributed by atoms with Crippen molar-refractivity contribution in [1.82, 2.24) is 4.98 Å². The fourth-order valence-corrected chi connectivity index (χ4v) is 2.91. The number of benzene rings is 2. The number of ether oxygens (including phenoxy) is 3. The molecule has 0 spiro atoms. The number of nitrogens with one attached hydrogen (secondary N) is 2. The van der Waals surface area contributed by atoms with Gasteiger partial charge in [-0.3, -0.25) is 9.78 Å². The number of methoxy groups -OCH3 is 1. The Bertz CT molecular complexity index is 1040. The number of fused-ring (bicyclic) bond motifs is 1. The molecular weight excluding hydrogens is 382 g/mol. The summed E-state index contributed by atoms with van der Waals surface area (Å²) in [6, 6.07) is 13.8.